The number of nitrogens with one attached hydrogen (secondary N) is 2. The van der Waals surface area contributed by atoms with Crippen LogP contribution in [0.4, 0.5) is 11.5 Å². The summed E-state index contributed by atoms with van der Waals surface area (Å²) < 4.78 is 10.6. The van der Waals surface area contributed by atoms with Crippen LogP contribution >= 0.6 is 11.6 Å². The molecule has 0 fully saturated rings. The van der Waals surface area contributed by atoms with Gasteiger partial charge in [0.15, 0.2) is 11.5 Å². The van der Waals surface area contributed by atoms with Gasteiger partial charge in [0.25, 0.3) is 5.91 Å². The largest absolute Gasteiger partial charge is 0.454 e. The van der Waals surface area contributed by atoms with E-state index in [1.807, 2.05) is 30.3 Å². The maximum Gasteiger partial charge on any atom is 0.255 e. The third-order valence-corrected chi connectivity index (χ3v) is 4.50. The van der Waals surface area contributed by atoms with Crippen LogP contribution in [0.5, 0.6) is 11.5 Å². The van der Waals surface area contributed by atoms with Crippen molar-refractivity contribution in [3.63, 3.8) is 0 Å². The number of hydrogen-bond donors (Lipinski definition) is 2. The summed E-state index contributed by atoms with van der Waals surface area (Å²) in [6.07, 6.45) is 2.46. The average molecular weight is 396 g/mol. The third-order valence-electron chi connectivity index (χ3n) is 4.26. The molecule has 2 aromatic carbocycles. The van der Waals surface area contributed by atoms with Gasteiger partial charge < -0.3 is 20.1 Å². The minimum atomic E-state index is -0.234. The zero-order valence-electron chi connectivity index (χ0n) is 14.9. The molecule has 2 heterocycles. The van der Waals surface area contributed by atoms with Crippen LogP contribution in [0.3, 0.4) is 0 Å². The highest BCUT2D eigenvalue weighted by Gasteiger charge is 2.16. The van der Waals surface area contributed by atoms with Gasteiger partial charge in [-0.2, -0.15) is 0 Å². The van der Waals surface area contributed by atoms with Crippen LogP contribution < -0.4 is 20.1 Å². The zero-order chi connectivity index (χ0) is 19.3. The number of halogens is 1. The molecule has 6 nitrogen and oxygen atoms in total. The molecule has 0 atom stereocenters. The first-order valence-electron chi connectivity index (χ1n) is 8.83. The molecule has 0 aliphatic carbocycles. The molecule has 1 aromatic heterocycles. The van der Waals surface area contributed by atoms with E-state index in [-0.39, 0.29) is 12.7 Å². The van der Waals surface area contributed by atoms with E-state index in [2.05, 4.69) is 15.6 Å². The maximum absolute atomic E-state index is 12.4. The van der Waals surface area contributed by atoms with Gasteiger partial charge in [0, 0.05) is 17.1 Å². The number of rotatable bonds is 6. The van der Waals surface area contributed by atoms with E-state index in [1.165, 1.54) is 0 Å². The lowest BCUT2D eigenvalue weighted by Gasteiger charge is -2.08. The number of nitrogens with zero attached hydrogens (tertiary/aromatic N) is 1. The fourth-order valence-corrected chi connectivity index (χ4v) is 3.05. The summed E-state index contributed by atoms with van der Waals surface area (Å²) in [6, 6.07) is 16.5. The van der Waals surface area contributed by atoms with Crippen LogP contribution in [-0.4, -0.2) is 24.2 Å². The van der Waals surface area contributed by atoms with E-state index in [1.54, 1.807) is 30.5 Å². The second-order valence-corrected chi connectivity index (χ2v) is 6.70. The van der Waals surface area contributed by atoms with Gasteiger partial charge in [0.2, 0.25) is 6.79 Å². The molecule has 0 bridgehead atoms. The first-order valence-corrected chi connectivity index (χ1v) is 9.20. The van der Waals surface area contributed by atoms with Crippen molar-refractivity contribution in [3.8, 4) is 11.5 Å². The molecule has 0 saturated heterocycles. The van der Waals surface area contributed by atoms with Crippen molar-refractivity contribution in [2.45, 2.75) is 6.42 Å². The van der Waals surface area contributed by atoms with Crippen molar-refractivity contribution in [2.24, 2.45) is 0 Å². The highest BCUT2D eigenvalue weighted by atomic mass is 35.5. The highest BCUT2D eigenvalue weighted by molar-refractivity contribution is 6.30. The van der Waals surface area contributed by atoms with Gasteiger partial charge in [-0.25, -0.2) is 4.98 Å². The van der Waals surface area contributed by atoms with Gasteiger partial charge in [-0.1, -0.05) is 23.7 Å². The number of pyridine rings is 1. The minimum absolute atomic E-state index is 0.177. The van der Waals surface area contributed by atoms with Crippen LogP contribution in [0.15, 0.2) is 60.8 Å². The molecule has 0 radical (unpaired) electrons. The van der Waals surface area contributed by atoms with E-state index in [4.69, 9.17) is 21.1 Å². The number of anilines is 2. The van der Waals surface area contributed by atoms with E-state index in [0.29, 0.717) is 22.7 Å². The predicted molar refractivity (Wildman–Crippen MR) is 108 cm³/mol. The van der Waals surface area contributed by atoms with E-state index in [9.17, 15) is 4.79 Å². The molecule has 4 rings (SSSR count). The van der Waals surface area contributed by atoms with Crippen molar-refractivity contribution < 1.29 is 14.3 Å². The van der Waals surface area contributed by atoms with Crippen LogP contribution in [0, 0.1) is 0 Å². The zero-order valence-corrected chi connectivity index (χ0v) is 15.7. The Kier molecular flexibility index (Phi) is 5.30. The number of carbonyl (C=O) groups is 1. The van der Waals surface area contributed by atoms with Gasteiger partial charge in [0.1, 0.15) is 5.82 Å². The Labute approximate surface area is 167 Å². The summed E-state index contributed by atoms with van der Waals surface area (Å²) in [4.78, 5) is 16.7. The molecule has 7 heteroatoms. The Morgan fingerprint density at radius 2 is 1.96 bits per heavy atom. The van der Waals surface area contributed by atoms with E-state index < -0.39 is 0 Å². The molecule has 0 spiro atoms. The van der Waals surface area contributed by atoms with Gasteiger partial charge in [-0.15, -0.1) is 0 Å². The van der Waals surface area contributed by atoms with Crippen molar-refractivity contribution in [1.82, 2.24) is 4.98 Å². The Morgan fingerprint density at radius 3 is 2.79 bits per heavy atom. The van der Waals surface area contributed by atoms with Crippen LogP contribution in [-0.2, 0) is 6.42 Å². The molecule has 1 aliphatic heterocycles. The Morgan fingerprint density at radius 1 is 1.07 bits per heavy atom. The fourth-order valence-electron chi connectivity index (χ4n) is 2.84. The molecule has 28 heavy (non-hydrogen) atoms. The Bertz CT molecular complexity index is 992. The maximum atomic E-state index is 12.4. The molecule has 0 saturated carbocycles. The lowest BCUT2D eigenvalue weighted by atomic mass is 10.1. The normalized spacial score (nSPS) is 11.9. The second-order valence-electron chi connectivity index (χ2n) is 6.26. The second kappa shape index (κ2) is 8.19. The first-order chi connectivity index (χ1) is 13.7. The summed E-state index contributed by atoms with van der Waals surface area (Å²) in [6.45, 7) is 0.909. The SMILES string of the molecule is O=C(Nc1ccc(NCCc2cccc(Cl)c2)nc1)c1ccc2c(c1)OCO2. The summed E-state index contributed by atoms with van der Waals surface area (Å²) in [7, 11) is 0. The van der Waals surface area contributed by atoms with Crippen molar-refractivity contribution in [3.05, 3.63) is 76.9 Å². The minimum Gasteiger partial charge on any atom is -0.454 e. The van der Waals surface area contributed by atoms with Crippen molar-refractivity contribution in [2.75, 3.05) is 24.0 Å². The third kappa shape index (κ3) is 4.35. The number of hydrogen-bond acceptors (Lipinski definition) is 5. The van der Waals surface area contributed by atoms with Crippen molar-refractivity contribution in [1.29, 1.82) is 0 Å². The molecule has 0 unspecified atom stereocenters. The fraction of sp³-hybridized carbons (Fsp3) is 0.143. The summed E-state index contributed by atoms with van der Waals surface area (Å²) in [5.74, 6) is 1.72. The van der Waals surface area contributed by atoms with Gasteiger partial charge in [0.05, 0.1) is 11.9 Å². The first kappa shape index (κ1) is 18.1. The van der Waals surface area contributed by atoms with Gasteiger partial charge >= 0.3 is 0 Å². The smallest absolute Gasteiger partial charge is 0.255 e. The quantitative estimate of drug-likeness (QED) is 0.648. The number of amides is 1. The van der Waals surface area contributed by atoms with Crippen molar-refractivity contribution >= 4 is 29.0 Å². The van der Waals surface area contributed by atoms with Crippen LogP contribution in [0.1, 0.15) is 15.9 Å². The number of fused-ring (bicyclic) bond motifs is 1. The monoisotopic (exact) mass is 395 g/mol. The van der Waals surface area contributed by atoms with E-state index >= 15 is 0 Å². The predicted octanol–water partition coefficient (Wildman–Crippen LogP) is 4.37. The standard InChI is InChI=1S/C21H18ClN3O3/c22-16-3-1-2-14(10-16)8-9-23-20-7-5-17(12-24-20)25-21(26)15-4-6-18-19(11-15)28-13-27-18/h1-7,10-12H,8-9,13H2,(H,23,24)(H,25,26). The molecular weight excluding hydrogens is 378 g/mol. The molecule has 3 aromatic rings. The summed E-state index contributed by atoms with van der Waals surface area (Å²) in [5.41, 5.74) is 2.27. The molecule has 1 amide bonds. The lowest BCUT2D eigenvalue weighted by Crippen LogP contribution is -2.12. The summed E-state index contributed by atoms with van der Waals surface area (Å²) >= 11 is 5.99. The lowest BCUT2D eigenvalue weighted by molar-refractivity contribution is 0.102. The van der Waals surface area contributed by atoms with Crippen LogP contribution in [0.2, 0.25) is 5.02 Å². The summed E-state index contributed by atoms with van der Waals surface area (Å²) in [5, 5.41) is 6.81. The van der Waals surface area contributed by atoms with Crippen LogP contribution in [0.25, 0.3) is 0 Å². The molecular formula is C21H18ClN3O3. The van der Waals surface area contributed by atoms with Gasteiger partial charge in [-0.3, -0.25) is 4.79 Å². The number of benzene rings is 2. The Balaban J connectivity index is 1.31. The number of ether oxygens (including phenoxy) is 2. The molecule has 2 N–H and O–H groups in total. The molecule has 1 aliphatic rings. The van der Waals surface area contributed by atoms with E-state index in [0.717, 1.165) is 29.4 Å². The Hall–Kier alpha value is -3.25. The highest BCUT2D eigenvalue weighted by Crippen LogP contribution is 2.32. The van der Waals surface area contributed by atoms with Gasteiger partial charge in [-0.05, 0) is 54.4 Å². The number of carbonyl (C=O) groups excluding carboxylic acids is 1. The number of aromatic nitrogens is 1. The molecule has 142 valence electrons. The average Bonchev–Trinajstić information content (AvgIpc) is 3.17. The topological polar surface area (TPSA) is 72.5 Å².